The minimum atomic E-state index is -0.894. The molecule has 5 heteroatoms. The molecule has 24 heavy (non-hydrogen) atoms. The first-order chi connectivity index (χ1) is 11.3. The summed E-state index contributed by atoms with van der Waals surface area (Å²) in [4.78, 5) is 24.1. The first kappa shape index (κ1) is 17.5. The molecule has 1 amide bonds. The lowest BCUT2D eigenvalue weighted by atomic mass is 10.1. The predicted molar refractivity (Wildman–Crippen MR) is 91.9 cm³/mol. The summed E-state index contributed by atoms with van der Waals surface area (Å²) in [6, 6.07) is 12.0. The molecule has 126 valence electrons. The zero-order chi connectivity index (χ0) is 17.7. The molecule has 0 bridgehead atoms. The number of carbonyl (C=O) groups excluding carboxylic acids is 2. The van der Waals surface area contributed by atoms with Gasteiger partial charge in [-0.25, -0.2) is 0 Å². The van der Waals surface area contributed by atoms with Crippen molar-refractivity contribution < 1.29 is 19.4 Å². The molecule has 0 fully saturated rings. The highest BCUT2D eigenvalue weighted by Crippen LogP contribution is 2.17. The maximum atomic E-state index is 12.2. The number of benzene rings is 2. The van der Waals surface area contributed by atoms with Crippen LogP contribution in [-0.4, -0.2) is 23.1 Å². The van der Waals surface area contributed by atoms with Crippen LogP contribution in [0.2, 0.25) is 0 Å². The normalized spacial score (nSPS) is 11.6. The molecule has 0 aliphatic heterocycles. The standard InChI is InChI=1S/C19H21NO4/c1-12-4-5-13(2)17(10-12)20-19(23)14(3)24-18(22)11-15-6-8-16(21)9-7-15/h4-10,14,21H,11H2,1-3H3,(H,20,23)/t14-/m0/s1. The van der Waals surface area contributed by atoms with Crippen LogP contribution in [0, 0.1) is 13.8 Å². The average molecular weight is 327 g/mol. The molecule has 1 atom stereocenters. The molecular weight excluding hydrogens is 306 g/mol. The SMILES string of the molecule is Cc1ccc(C)c(NC(=O)[C@H](C)OC(=O)Cc2ccc(O)cc2)c1. The van der Waals surface area contributed by atoms with E-state index in [2.05, 4.69) is 5.32 Å². The molecule has 0 saturated heterocycles. The van der Waals surface area contributed by atoms with Crippen LogP contribution in [0.3, 0.4) is 0 Å². The van der Waals surface area contributed by atoms with Gasteiger partial charge in [0.1, 0.15) is 5.75 Å². The fourth-order valence-electron chi connectivity index (χ4n) is 2.18. The van der Waals surface area contributed by atoms with E-state index in [1.165, 1.54) is 19.1 Å². The van der Waals surface area contributed by atoms with Crippen LogP contribution >= 0.6 is 0 Å². The minimum absolute atomic E-state index is 0.0430. The van der Waals surface area contributed by atoms with Crippen molar-refractivity contribution in [3.8, 4) is 5.75 Å². The Morgan fingerprint density at radius 3 is 2.46 bits per heavy atom. The maximum Gasteiger partial charge on any atom is 0.311 e. The molecular formula is C19H21NO4. The third-order valence-electron chi connectivity index (χ3n) is 3.61. The Morgan fingerprint density at radius 2 is 1.79 bits per heavy atom. The second-order valence-electron chi connectivity index (χ2n) is 5.78. The summed E-state index contributed by atoms with van der Waals surface area (Å²) >= 11 is 0. The number of hydrogen-bond acceptors (Lipinski definition) is 4. The van der Waals surface area contributed by atoms with Gasteiger partial charge >= 0.3 is 5.97 Å². The molecule has 0 unspecified atom stereocenters. The van der Waals surface area contributed by atoms with Crippen LogP contribution in [-0.2, 0) is 20.7 Å². The molecule has 0 aliphatic carbocycles. The summed E-state index contributed by atoms with van der Waals surface area (Å²) in [5.41, 5.74) is 3.39. The number of phenolic OH excluding ortho intramolecular Hbond substituents is 1. The Hall–Kier alpha value is -2.82. The van der Waals surface area contributed by atoms with E-state index >= 15 is 0 Å². The van der Waals surface area contributed by atoms with Gasteiger partial charge in [0.15, 0.2) is 6.10 Å². The number of hydrogen-bond donors (Lipinski definition) is 2. The highest BCUT2D eigenvalue weighted by atomic mass is 16.5. The number of ether oxygens (including phenoxy) is 1. The lowest BCUT2D eigenvalue weighted by molar-refractivity contribution is -0.152. The number of nitrogens with one attached hydrogen (secondary N) is 1. The highest BCUT2D eigenvalue weighted by molar-refractivity contribution is 5.95. The van der Waals surface area contributed by atoms with E-state index in [9.17, 15) is 14.7 Å². The molecule has 0 heterocycles. The topological polar surface area (TPSA) is 75.6 Å². The van der Waals surface area contributed by atoms with Crippen LogP contribution in [0.5, 0.6) is 5.75 Å². The molecule has 2 aromatic carbocycles. The molecule has 0 aromatic heterocycles. The number of carbonyl (C=O) groups is 2. The van der Waals surface area contributed by atoms with E-state index < -0.39 is 12.1 Å². The van der Waals surface area contributed by atoms with Gasteiger partial charge in [0.2, 0.25) is 0 Å². The number of aryl methyl sites for hydroxylation is 2. The maximum absolute atomic E-state index is 12.2. The Balaban J connectivity index is 1.92. The van der Waals surface area contributed by atoms with Gasteiger partial charge < -0.3 is 15.2 Å². The van der Waals surface area contributed by atoms with Crippen molar-refractivity contribution >= 4 is 17.6 Å². The fraction of sp³-hybridized carbons (Fsp3) is 0.263. The minimum Gasteiger partial charge on any atom is -0.508 e. The number of phenols is 1. The van der Waals surface area contributed by atoms with E-state index in [0.29, 0.717) is 11.3 Å². The van der Waals surface area contributed by atoms with Gasteiger partial charge in [0.25, 0.3) is 5.91 Å². The third-order valence-corrected chi connectivity index (χ3v) is 3.61. The largest absolute Gasteiger partial charge is 0.508 e. The summed E-state index contributed by atoms with van der Waals surface area (Å²) in [5.74, 6) is -0.736. The Labute approximate surface area is 141 Å². The van der Waals surface area contributed by atoms with E-state index in [-0.39, 0.29) is 18.1 Å². The lowest BCUT2D eigenvalue weighted by Crippen LogP contribution is -2.30. The molecule has 0 radical (unpaired) electrons. The number of rotatable bonds is 5. The zero-order valence-electron chi connectivity index (χ0n) is 14.0. The van der Waals surface area contributed by atoms with Crippen molar-refractivity contribution in [3.05, 3.63) is 59.2 Å². The van der Waals surface area contributed by atoms with Gasteiger partial charge in [-0.15, -0.1) is 0 Å². The summed E-state index contributed by atoms with van der Waals surface area (Å²) in [5, 5.41) is 12.0. The number of esters is 1. The predicted octanol–water partition coefficient (Wildman–Crippen LogP) is 3.12. The van der Waals surface area contributed by atoms with Gasteiger partial charge in [-0.2, -0.15) is 0 Å². The molecule has 5 nitrogen and oxygen atoms in total. The Kier molecular flexibility index (Phi) is 5.58. The van der Waals surface area contributed by atoms with Gasteiger partial charge in [0.05, 0.1) is 6.42 Å². The number of anilines is 1. The van der Waals surface area contributed by atoms with Crippen molar-refractivity contribution in [1.29, 1.82) is 0 Å². The van der Waals surface area contributed by atoms with E-state index in [4.69, 9.17) is 4.74 Å². The second kappa shape index (κ2) is 7.64. The van der Waals surface area contributed by atoms with Crippen LogP contribution < -0.4 is 5.32 Å². The van der Waals surface area contributed by atoms with Crippen molar-refractivity contribution in [1.82, 2.24) is 0 Å². The van der Waals surface area contributed by atoms with Crippen LogP contribution in [0.15, 0.2) is 42.5 Å². The fourth-order valence-corrected chi connectivity index (χ4v) is 2.18. The van der Waals surface area contributed by atoms with Gasteiger partial charge in [-0.3, -0.25) is 9.59 Å². The summed E-state index contributed by atoms with van der Waals surface area (Å²) in [7, 11) is 0. The first-order valence-electron chi connectivity index (χ1n) is 7.70. The summed E-state index contributed by atoms with van der Waals surface area (Å²) in [6.45, 7) is 5.38. The summed E-state index contributed by atoms with van der Waals surface area (Å²) in [6.07, 6.45) is -0.851. The smallest absolute Gasteiger partial charge is 0.311 e. The monoisotopic (exact) mass is 327 g/mol. The molecule has 2 aromatic rings. The van der Waals surface area contributed by atoms with Crippen molar-refractivity contribution in [3.63, 3.8) is 0 Å². The number of aromatic hydroxyl groups is 1. The van der Waals surface area contributed by atoms with Gasteiger partial charge in [-0.05, 0) is 55.7 Å². The Bertz CT molecular complexity index is 738. The van der Waals surface area contributed by atoms with Crippen LogP contribution in [0.25, 0.3) is 0 Å². The quantitative estimate of drug-likeness (QED) is 0.827. The molecule has 2 N–H and O–H groups in total. The molecule has 0 spiro atoms. The second-order valence-corrected chi connectivity index (χ2v) is 5.78. The summed E-state index contributed by atoms with van der Waals surface area (Å²) < 4.78 is 5.18. The van der Waals surface area contributed by atoms with Crippen molar-refractivity contribution in [2.24, 2.45) is 0 Å². The average Bonchev–Trinajstić information content (AvgIpc) is 2.53. The van der Waals surface area contributed by atoms with E-state index in [0.717, 1.165) is 11.1 Å². The zero-order valence-corrected chi connectivity index (χ0v) is 14.0. The van der Waals surface area contributed by atoms with Gasteiger partial charge in [-0.1, -0.05) is 24.3 Å². The van der Waals surface area contributed by atoms with Gasteiger partial charge in [0, 0.05) is 5.69 Å². The first-order valence-corrected chi connectivity index (χ1v) is 7.70. The van der Waals surface area contributed by atoms with E-state index in [1.807, 2.05) is 32.0 Å². The third kappa shape index (κ3) is 4.84. The van der Waals surface area contributed by atoms with Crippen LogP contribution in [0.1, 0.15) is 23.6 Å². The molecule has 0 aliphatic rings. The van der Waals surface area contributed by atoms with Crippen molar-refractivity contribution in [2.75, 3.05) is 5.32 Å². The lowest BCUT2D eigenvalue weighted by Gasteiger charge is -2.15. The number of amides is 1. The highest BCUT2D eigenvalue weighted by Gasteiger charge is 2.18. The molecule has 2 rings (SSSR count). The van der Waals surface area contributed by atoms with Crippen LogP contribution in [0.4, 0.5) is 5.69 Å². The van der Waals surface area contributed by atoms with Crippen molar-refractivity contribution in [2.45, 2.75) is 33.3 Å². The van der Waals surface area contributed by atoms with E-state index in [1.54, 1.807) is 12.1 Å². The Morgan fingerprint density at radius 1 is 1.12 bits per heavy atom. The molecule has 0 saturated carbocycles.